The van der Waals surface area contributed by atoms with Crippen LogP contribution in [0.2, 0.25) is 0 Å². The third kappa shape index (κ3) is 2.93. The lowest BCUT2D eigenvalue weighted by Gasteiger charge is -2.36. The summed E-state index contributed by atoms with van der Waals surface area (Å²) in [4.78, 5) is 22.7. The molecular weight excluding hydrogens is 172 g/mol. The fourth-order valence-corrected chi connectivity index (χ4v) is 1.16. The summed E-state index contributed by atoms with van der Waals surface area (Å²) in [6.07, 6.45) is -1.14. The van der Waals surface area contributed by atoms with Crippen molar-refractivity contribution in [1.82, 2.24) is 4.90 Å². The van der Waals surface area contributed by atoms with Crippen molar-refractivity contribution < 1.29 is 14.7 Å². The Morgan fingerprint density at radius 3 is 1.85 bits per heavy atom. The van der Waals surface area contributed by atoms with Gasteiger partial charge in [-0.2, -0.15) is 0 Å². The molecule has 3 N–H and O–H groups in total. The van der Waals surface area contributed by atoms with Crippen LogP contribution in [0.5, 0.6) is 0 Å². The van der Waals surface area contributed by atoms with E-state index in [0.717, 1.165) is 4.90 Å². The van der Waals surface area contributed by atoms with Crippen molar-refractivity contribution in [2.24, 2.45) is 5.73 Å². The zero-order valence-electron chi connectivity index (χ0n) is 8.37. The van der Waals surface area contributed by atoms with Crippen LogP contribution in [0, 0.1) is 0 Å². The maximum absolute atomic E-state index is 10.8. The number of nitrogens with zero attached hydrogens (tertiary/aromatic N) is 1. The van der Waals surface area contributed by atoms with Gasteiger partial charge in [-0.3, -0.25) is 9.69 Å². The Labute approximate surface area is 77.5 Å². The summed E-state index contributed by atoms with van der Waals surface area (Å²) in [6, 6.07) is -0.808. The van der Waals surface area contributed by atoms with E-state index < -0.39 is 23.6 Å². The van der Waals surface area contributed by atoms with Crippen molar-refractivity contribution in [3.05, 3.63) is 0 Å². The number of amides is 2. The number of rotatable bonds is 2. The van der Waals surface area contributed by atoms with Crippen LogP contribution >= 0.6 is 0 Å². The Balaban J connectivity index is 4.83. The van der Waals surface area contributed by atoms with E-state index in [2.05, 4.69) is 0 Å². The first-order chi connectivity index (χ1) is 5.68. The van der Waals surface area contributed by atoms with Gasteiger partial charge in [-0.25, -0.2) is 4.79 Å². The molecule has 5 nitrogen and oxygen atoms in total. The lowest BCUT2D eigenvalue weighted by atomic mass is 10.0. The zero-order valence-corrected chi connectivity index (χ0v) is 8.37. The van der Waals surface area contributed by atoms with Crippen LogP contribution in [-0.2, 0) is 4.79 Å². The Hall–Kier alpha value is -1.26. The Kier molecular flexibility index (Phi) is 3.28. The maximum atomic E-state index is 10.8. The van der Waals surface area contributed by atoms with Gasteiger partial charge < -0.3 is 10.8 Å². The van der Waals surface area contributed by atoms with E-state index in [1.165, 1.54) is 6.92 Å². The Bertz CT molecular complexity index is 220. The molecule has 0 aromatic heterocycles. The maximum Gasteiger partial charge on any atom is 0.408 e. The highest BCUT2D eigenvalue weighted by Crippen LogP contribution is 2.16. The number of nitrogens with two attached hydrogens (primary N) is 1. The minimum absolute atomic E-state index is 0.625. The van der Waals surface area contributed by atoms with Crippen molar-refractivity contribution >= 4 is 12.0 Å². The predicted octanol–water partition coefficient (Wildman–Crippen LogP) is 0.639. The summed E-state index contributed by atoms with van der Waals surface area (Å²) < 4.78 is 0. The normalized spacial score (nSPS) is 13.5. The van der Waals surface area contributed by atoms with Crippen molar-refractivity contribution in [1.29, 1.82) is 0 Å². The fraction of sp³-hybridized carbons (Fsp3) is 0.750. The van der Waals surface area contributed by atoms with Crippen LogP contribution in [0.25, 0.3) is 0 Å². The number of carboxylic acid groups (broad SMARTS) is 1. The summed E-state index contributed by atoms with van der Waals surface area (Å²) in [5.41, 5.74) is 4.40. The van der Waals surface area contributed by atoms with Crippen LogP contribution in [0.4, 0.5) is 4.79 Å². The van der Waals surface area contributed by atoms with Crippen molar-refractivity contribution in [3.63, 3.8) is 0 Å². The molecule has 5 heteroatoms. The number of carbonyl (C=O) groups excluding carboxylic acids is 1. The van der Waals surface area contributed by atoms with Crippen LogP contribution in [0.3, 0.4) is 0 Å². The second-order valence-electron chi connectivity index (χ2n) is 3.90. The summed E-state index contributed by atoms with van der Waals surface area (Å²) in [6.45, 7) is 6.60. The largest absolute Gasteiger partial charge is 0.465 e. The van der Waals surface area contributed by atoms with Crippen LogP contribution < -0.4 is 5.73 Å². The molecule has 0 aliphatic carbocycles. The molecule has 13 heavy (non-hydrogen) atoms. The Morgan fingerprint density at radius 1 is 1.38 bits per heavy atom. The molecular formula is C8H16N2O3. The van der Waals surface area contributed by atoms with Crippen molar-refractivity contribution in [2.75, 3.05) is 0 Å². The smallest absolute Gasteiger partial charge is 0.408 e. The predicted molar refractivity (Wildman–Crippen MR) is 48.3 cm³/mol. The van der Waals surface area contributed by atoms with E-state index in [-0.39, 0.29) is 0 Å². The van der Waals surface area contributed by atoms with Crippen LogP contribution in [-0.4, -0.2) is 33.6 Å². The van der Waals surface area contributed by atoms with Gasteiger partial charge in [0.05, 0.1) is 0 Å². The highest BCUT2D eigenvalue weighted by molar-refractivity contribution is 5.83. The van der Waals surface area contributed by atoms with E-state index in [9.17, 15) is 9.59 Å². The molecule has 76 valence electrons. The molecule has 0 aliphatic heterocycles. The molecule has 0 radical (unpaired) electrons. The molecule has 0 heterocycles. The monoisotopic (exact) mass is 188 g/mol. The lowest BCUT2D eigenvalue weighted by molar-refractivity contribution is -0.123. The van der Waals surface area contributed by atoms with Crippen LogP contribution in [0.15, 0.2) is 0 Å². The minimum Gasteiger partial charge on any atom is -0.465 e. The second kappa shape index (κ2) is 3.64. The van der Waals surface area contributed by atoms with Crippen molar-refractivity contribution in [3.8, 4) is 0 Å². The molecule has 1 unspecified atom stereocenters. The summed E-state index contributed by atoms with van der Waals surface area (Å²) in [5, 5.41) is 8.85. The van der Waals surface area contributed by atoms with Gasteiger partial charge in [-0.15, -0.1) is 0 Å². The molecule has 0 saturated heterocycles. The molecule has 0 bridgehead atoms. The minimum atomic E-state index is -1.14. The number of hydrogen-bond donors (Lipinski definition) is 2. The van der Waals surface area contributed by atoms with Gasteiger partial charge in [-0.05, 0) is 27.7 Å². The first-order valence-electron chi connectivity index (χ1n) is 3.99. The molecule has 0 saturated carbocycles. The number of primary amides is 1. The number of hydrogen-bond acceptors (Lipinski definition) is 2. The van der Waals surface area contributed by atoms with E-state index in [4.69, 9.17) is 10.8 Å². The first kappa shape index (κ1) is 11.7. The SMILES string of the molecule is CC(C(N)=O)N(C(=O)O)C(C)(C)C. The zero-order chi connectivity index (χ0) is 10.8. The molecule has 0 aliphatic rings. The van der Waals surface area contributed by atoms with Gasteiger partial charge in [0, 0.05) is 5.54 Å². The average molecular weight is 188 g/mol. The van der Waals surface area contributed by atoms with Gasteiger partial charge in [0.25, 0.3) is 0 Å². The topological polar surface area (TPSA) is 83.6 Å². The van der Waals surface area contributed by atoms with Gasteiger partial charge >= 0.3 is 6.09 Å². The highest BCUT2D eigenvalue weighted by Gasteiger charge is 2.33. The molecule has 0 spiro atoms. The molecule has 1 atom stereocenters. The van der Waals surface area contributed by atoms with Gasteiger partial charge in [0.15, 0.2) is 0 Å². The van der Waals surface area contributed by atoms with Gasteiger partial charge in [0.2, 0.25) is 5.91 Å². The lowest BCUT2D eigenvalue weighted by Crippen LogP contribution is -2.54. The third-order valence-corrected chi connectivity index (χ3v) is 1.73. The quantitative estimate of drug-likeness (QED) is 0.667. The van der Waals surface area contributed by atoms with E-state index in [1.807, 2.05) is 0 Å². The summed E-state index contributed by atoms with van der Waals surface area (Å²) in [7, 11) is 0. The van der Waals surface area contributed by atoms with E-state index in [1.54, 1.807) is 20.8 Å². The molecule has 0 aromatic rings. The van der Waals surface area contributed by atoms with E-state index in [0.29, 0.717) is 0 Å². The molecule has 2 amide bonds. The molecule has 0 aromatic carbocycles. The van der Waals surface area contributed by atoms with Gasteiger partial charge in [0.1, 0.15) is 6.04 Å². The average Bonchev–Trinajstić information content (AvgIpc) is 1.82. The van der Waals surface area contributed by atoms with E-state index >= 15 is 0 Å². The summed E-state index contributed by atoms with van der Waals surface area (Å²) in [5.74, 6) is -0.641. The second-order valence-corrected chi connectivity index (χ2v) is 3.90. The third-order valence-electron chi connectivity index (χ3n) is 1.73. The summed E-state index contributed by atoms with van der Waals surface area (Å²) >= 11 is 0. The number of carbonyl (C=O) groups is 2. The van der Waals surface area contributed by atoms with Crippen LogP contribution in [0.1, 0.15) is 27.7 Å². The Morgan fingerprint density at radius 2 is 1.77 bits per heavy atom. The fourth-order valence-electron chi connectivity index (χ4n) is 1.16. The first-order valence-corrected chi connectivity index (χ1v) is 3.99. The standard InChI is InChI=1S/C8H16N2O3/c1-5(6(9)11)10(7(12)13)8(2,3)4/h5H,1-4H3,(H2,9,11)(H,12,13). The van der Waals surface area contributed by atoms with Crippen molar-refractivity contribution in [2.45, 2.75) is 39.3 Å². The molecule has 0 rings (SSSR count). The molecule has 0 fully saturated rings. The van der Waals surface area contributed by atoms with Gasteiger partial charge in [-0.1, -0.05) is 0 Å². The highest BCUT2D eigenvalue weighted by atomic mass is 16.4.